The topological polar surface area (TPSA) is 52.3 Å². The molecule has 92 valence electrons. The maximum Gasteiger partial charge on any atom is 0.308 e. The Morgan fingerprint density at radius 2 is 1.88 bits per heavy atom. The summed E-state index contributed by atoms with van der Waals surface area (Å²) in [4.78, 5) is 11.8. The van der Waals surface area contributed by atoms with Gasteiger partial charge < -0.3 is 10.5 Å². The zero-order valence-electron chi connectivity index (χ0n) is 9.99. The molecule has 2 rings (SSSR count). The summed E-state index contributed by atoms with van der Waals surface area (Å²) in [5.41, 5.74) is 5.87. The third-order valence-corrected chi connectivity index (χ3v) is 3.98. The van der Waals surface area contributed by atoms with Gasteiger partial charge in [0, 0.05) is 6.04 Å². The summed E-state index contributed by atoms with van der Waals surface area (Å²) in [6.07, 6.45) is 9.00. The summed E-state index contributed by atoms with van der Waals surface area (Å²) in [6, 6.07) is 0.206. The van der Waals surface area contributed by atoms with Gasteiger partial charge in [0.25, 0.3) is 0 Å². The number of carbonyl (C=O) groups is 1. The molecule has 2 saturated carbocycles. The van der Waals surface area contributed by atoms with Crippen molar-refractivity contribution in [2.24, 2.45) is 17.6 Å². The van der Waals surface area contributed by atoms with Crippen molar-refractivity contribution >= 4 is 5.97 Å². The lowest BCUT2D eigenvalue weighted by Crippen LogP contribution is -2.33. The quantitative estimate of drug-likeness (QED) is 0.749. The van der Waals surface area contributed by atoms with Gasteiger partial charge in [-0.25, -0.2) is 0 Å². The van der Waals surface area contributed by atoms with Gasteiger partial charge in [-0.05, 0) is 38.0 Å². The Hall–Kier alpha value is -0.570. The van der Waals surface area contributed by atoms with Crippen molar-refractivity contribution in [1.29, 1.82) is 0 Å². The second kappa shape index (κ2) is 5.67. The highest BCUT2D eigenvalue weighted by molar-refractivity contribution is 5.72. The lowest BCUT2D eigenvalue weighted by Gasteiger charge is -2.25. The van der Waals surface area contributed by atoms with E-state index in [9.17, 15) is 4.79 Å². The zero-order chi connectivity index (χ0) is 11.4. The fraction of sp³-hybridized carbons (Fsp3) is 0.923. The normalized spacial score (nSPS) is 31.6. The van der Waals surface area contributed by atoms with Crippen LogP contribution in [0.3, 0.4) is 0 Å². The van der Waals surface area contributed by atoms with Crippen LogP contribution in [0.15, 0.2) is 0 Å². The largest absolute Gasteiger partial charge is 0.465 e. The van der Waals surface area contributed by atoms with Gasteiger partial charge in [0.15, 0.2) is 0 Å². The van der Waals surface area contributed by atoms with Crippen molar-refractivity contribution < 1.29 is 9.53 Å². The van der Waals surface area contributed by atoms with Crippen LogP contribution in [0.4, 0.5) is 0 Å². The van der Waals surface area contributed by atoms with Crippen LogP contribution in [0, 0.1) is 11.8 Å². The molecule has 0 aromatic carbocycles. The summed E-state index contributed by atoms with van der Waals surface area (Å²) in [7, 11) is 0. The first-order valence-electron chi connectivity index (χ1n) is 6.68. The van der Waals surface area contributed by atoms with E-state index in [0.29, 0.717) is 12.5 Å². The Kier molecular flexibility index (Phi) is 4.22. The number of ether oxygens (including phenoxy) is 1. The van der Waals surface area contributed by atoms with E-state index in [-0.39, 0.29) is 17.9 Å². The average Bonchev–Trinajstić information content (AvgIpc) is 2.78. The summed E-state index contributed by atoms with van der Waals surface area (Å²) < 4.78 is 5.42. The van der Waals surface area contributed by atoms with Gasteiger partial charge in [0.05, 0.1) is 12.5 Å². The second-order valence-corrected chi connectivity index (χ2v) is 5.40. The summed E-state index contributed by atoms with van der Waals surface area (Å²) >= 11 is 0. The van der Waals surface area contributed by atoms with Crippen LogP contribution in [-0.2, 0) is 9.53 Å². The third-order valence-electron chi connectivity index (χ3n) is 3.98. The minimum atomic E-state index is 0.00190. The van der Waals surface area contributed by atoms with Crippen LogP contribution in [0.25, 0.3) is 0 Å². The Labute approximate surface area is 97.7 Å². The van der Waals surface area contributed by atoms with E-state index in [4.69, 9.17) is 10.5 Å². The molecule has 0 spiro atoms. The van der Waals surface area contributed by atoms with Gasteiger partial charge in [0.1, 0.15) is 0 Å². The number of carbonyl (C=O) groups excluding carboxylic acids is 1. The van der Waals surface area contributed by atoms with Crippen molar-refractivity contribution in [2.45, 2.75) is 57.4 Å². The first kappa shape index (κ1) is 11.9. The Morgan fingerprint density at radius 1 is 1.12 bits per heavy atom. The first-order valence-corrected chi connectivity index (χ1v) is 6.68. The summed E-state index contributed by atoms with van der Waals surface area (Å²) in [6.45, 7) is 0.643. The fourth-order valence-corrected chi connectivity index (χ4v) is 2.94. The molecule has 2 aliphatic carbocycles. The molecule has 0 amide bonds. The van der Waals surface area contributed by atoms with Gasteiger partial charge in [-0.1, -0.05) is 19.3 Å². The highest BCUT2D eigenvalue weighted by Crippen LogP contribution is 2.27. The maximum absolute atomic E-state index is 11.8. The molecule has 2 aliphatic rings. The smallest absolute Gasteiger partial charge is 0.308 e. The van der Waals surface area contributed by atoms with Crippen LogP contribution in [0.1, 0.15) is 51.4 Å². The number of esters is 1. The molecular weight excluding hydrogens is 202 g/mol. The molecule has 2 unspecified atom stereocenters. The number of rotatable bonds is 3. The van der Waals surface area contributed by atoms with E-state index >= 15 is 0 Å². The molecule has 16 heavy (non-hydrogen) atoms. The number of hydrogen-bond acceptors (Lipinski definition) is 3. The van der Waals surface area contributed by atoms with Crippen molar-refractivity contribution in [1.82, 2.24) is 0 Å². The van der Waals surface area contributed by atoms with E-state index in [2.05, 4.69) is 0 Å². The molecule has 0 heterocycles. The van der Waals surface area contributed by atoms with Crippen molar-refractivity contribution in [2.75, 3.05) is 6.61 Å². The monoisotopic (exact) mass is 225 g/mol. The van der Waals surface area contributed by atoms with E-state index in [1.807, 2.05) is 0 Å². The van der Waals surface area contributed by atoms with Crippen LogP contribution < -0.4 is 5.73 Å². The molecule has 0 radical (unpaired) electrons. The summed E-state index contributed by atoms with van der Waals surface area (Å²) in [5.74, 6) is 0.702. The molecule has 0 aliphatic heterocycles. The standard InChI is InChI=1S/C13H23NO2/c14-12-7-3-6-11(8-12)13(15)16-9-10-4-1-2-5-10/h10-12H,1-9,14H2. The van der Waals surface area contributed by atoms with E-state index in [0.717, 1.165) is 25.7 Å². The summed E-state index contributed by atoms with van der Waals surface area (Å²) in [5, 5.41) is 0. The molecule has 3 heteroatoms. The van der Waals surface area contributed by atoms with Crippen LogP contribution in [0.2, 0.25) is 0 Å². The first-order chi connectivity index (χ1) is 7.75. The minimum absolute atomic E-state index is 0.00190. The zero-order valence-corrected chi connectivity index (χ0v) is 9.99. The molecular formula is C13H23NO2. The molecule has 0 bridgehead atoms. The Balaban J connectivity index is 1.70. The molecule has 2 N–H and O–H groups in total. The van der Waals surface area contributed by atoms with Crippen molar-refractivity contribution in [3.63, 3.8) is 0 Å². The predicted molar refractivity (Wildman–Crippen MR) is 62.9 cm³/mol. The molecule has 0 saturated heterocycles. The van der Waals surface area contributed by atoms with Crippen LogP contribution in [-0.4, -0.2) is 18.6 Å². The van der Waals surface area contributed by atoms with Crippen molar-refractivity contribution in [3.8, 4) is 0 Å². The fourth-order valence-electron chi connectivity index (χ4n) is 2.94. The van der Waals surface area contributed by atoms with Crippen LogP contribution in [0.5, 0.6) is 0 Å². The molecule has 3 nitrogen and oxygen atoms in total. The van der Waals surface area contributed by atoms with E-state index in [1.165, 1.54) is 25.7 Å². The Bertz CT molecular complexity index is 236. The predicted octanol–water partition coefficient (Wildman–Crippen LogP) is 2.24. The highest BCUT2D eigenvalue weighted by Gasteiger charge is 2.27. The van der Waals surface area contributed by atoms with Gasteiger partial charge in [-0.15, -0.1) is 0 Å². The molecule has 0 aromatic rings. The molecule has 0 aromatic heterocycles. The lowest BCUT2D eigenvalue weighted by molar-refractivity contribution is -0.151. The highest BCUT2D eigenvalue weighted by atomic mass is 16.5. The Morgan fingerprint density at radius 3 is 2.56 bits per heavy atom. The molecule has 2 atom stereocenters. The third kappa shape index (κ3) is 3.21. The SMILES string of the molecule is NC1CCCC(C(=O)OCC2CCCC2)C1. The average molecular weight is 225 g/mol. The lowest BCUT2D eigenvalue weighted by atomic mass is 9.86. The number of hydrogen-bond donors (Lipinski definition) is 1. The van der Waals surface area contributed by atoms with Gasteiger partial charge >= 0.3 is 5.97 Å². The van der Waals surface area contributed by atoms with E-state index in [1.54, 1.807) is 0 Å². The van der Waals surface area contributed by atoms with E-state index < -0.39 is 0 Å². The molecule has 2 fully saturated rings. The minimum Gasteiger partial charge on any atom is -0.465 e. The van der Waals surface area contributed by atoms with Crippen molar-refractivity contribution in [3.05, 3.63) is 0 Å². The number of nitrogens with two attached hydrogens (primary N) is 1. The second-order valence-electron chi connectivity index (χ2n) is 5.40. The van der Waals surface area contributed by atoms with Crippen LogP contribution >= 0.6 is 0 Å². The van der Waals surface area contributed by atoms with Gasteiger partial charge in [0.2, 0.25) is 0 Å². The maximum atomic E-state index is 11.8. The van der Waals surface area contributed by atoms with Gasteiger partial charge in [-0.2, -0.15) is 0 Å². The van der Waals surface area contributed by atoms with Gasteiger partial charge in [-0.3, -0.25) is 4.79 Å².